The molecule has 2 N–H and O–H groups in total. The Morgan fingerprint density at radius 1 is 1.45 bits per heavy atom. The molecule has 0 radical (unpaired) electrons. The molecule has 1 aromatic heterocycles. The zero-order chi connectivity index (χ0) is 14.5. The fraction of sp³-hybridized carbons (Fsp3) is 0.615. The van der Waals surface area contributed by atoms with Crippen LogP contribution in [0.5, 0.6) is 0 Å². The van der Waals surface area contributed by atoms with Crippen LogP contribution < -0.4 is 10.6 Å². The summed E-state index contributed by atoms with van der Waals surface area (Å²) in [5.74, 6) is -0.396. The highest BCUT2D eigenvalue weighted by molar-refractivity contribution is 7.17. The standard InChI is InChI=1S/C13H19N3O3S/c1-3-9-10(12(18)19-2)20-13(15-9)16-11(17)8-4-6-14-7-5-8/h8,14H,3-7H2,1-2H3,(H,15,16,17). The first kappa shape index (κ1) is 14.9. The van der Waals surface area contributed by atoms with Crippen molar-refractivity contribution in [1.29, 1.82) is 0 Å². The van der Waals surface area contributed by atoms with Gasteiger partial charge in [-0.25, -0.2) is 9.78 Å². The van der Waals surface area contributed by atoms with E-state index < -0.39 is 5.97 Å². The Bertz CT molecular complexity index is 495. The molecule has 0 atom stereocenters. The number of thiazole rings is 1. The smallest absolute Gasteiger partial charge is 0.350 e. The van der Waals surface area contributed by atoms with Gasteiger partial charge in [-0.1, -0.05) is 18.3 Å². The molecule has 0 aliphatic carbocycles. The van der Waals surface area contributed by atoms with Crippen molar-refractivity contribution in [1.82, 2.24) is 10.3 Å². The molecule has 1 fully saturated rings. The molecule has 2 rings (SSSR count). The number of hydrogen-bond donors (Lipinski definition) is 2. The molecule has 0 aromatic carbocycles. The van der Waals surface area contributed by atoms with Crippen molar-refractivity contribution < 1.29 is 14.3 Å². The van der Waals surface area contributed by atoms with E-state index in [0.717, 1.165) is 25.9 Å². The molecule has 0 saturated carbocycles. The number of methoxy groups -OCH3 is 1. The van der Waals surface area contributed by atoms with Gasteiger partial charge in [-0.2, -0.15) is 0 Å². The lowest BCUT2D eigenvalue weighted by Gasteiger charge is -2.20. The number of nitrogens with one attached hydrogen (secondary N) is 2. The van der Waals surface area contributed by atoms with Crippen LogP contribution in [0.2, 0.25) is 0 Å². The van der Waals surface area contributed by atoms with E-state index in [-0.39, 0.29) is 11.8 Å². The lowest BCUT2D eigenvalue weighted by atomic mass is 9.97. The first-order valence-electron chi connectivity index (χ1n) is 6.75. The summed E-state index contributed by atoms with van der Waals surface area (Å²) in [7, 11) is 1.34. The third kappa shape index (κ3) is 3.34. The van der Waals surface area contributed by atoms with E-state index in [1.807, 2.05) is 6.92 Å². The molecular weight excluding hydrogens is 278 g/mol. The molecule has 1 aromatic rings. The molecule has 0 unspecified atom stereocenters. The van der Waals surface area contributed by atoms with Gasteiger partial charge < -0.3 is 15.4 Å². The molecule has 1 amide bonds. The Hall–Kier alpha value is -1.47. The molecule has 6 nitrogen and oxygen atoms in total. The number of piperidine rings is 1. The Balaban J connectivity index is 2.07. The highest BCUT2D eigenvalue weighted by atomic mass is 32.1. The molecule has 1 aliphatic heterocycles. The van der Waals surface area contributed by atoms with Crippen LogP contribution in [0.4, 0.5) is 5.13 Å². The van der Waals surface area contributed by atoms with Crippen LogP contribution in [0.1, 0.15) is 35.1 Å². The van der Waals surface area contributed by atoms with E-state index in [2.05, 4.69) is 15.6 Å². The third-order valence-electron chi connectivity index (χ3n) is 3.34. The average molecular weight is 297 g/mol. The van der Waals surface area contributed by atoms with E-state index in [0.29, 0.717) is 22.1 Å². The summed E-state index contributed by atoms with van der Waals surface area (Å²) >= 11 is 1.18. The topological polar surface area (TPSA) is 80.3 Å². The van der Waals surface area contributed by atoms with Gasteiger partial charge in [0.15, 0.2) is 5.13 Å². The maximum atomic E-state index is 12.1. The van der Waals surface area contributed by atoms with Gasteiger partial charge >= 0.3 is 5.97 Å². The second kappa shape index (κ2) is 6.81. The fourth-order valence-corrected chi connectivity index (χ4v) is 3.16. The van der Waals surface area contributed by atoms with Gasteiger partial charge in [0.2, 0.25) is 5.91 Å². The summed E-state index contributed by atoms with van der Waals surface area (Å²) in [4.78, 5) is 28.5. The number of amides is 1. The van der Waals surface area contributed by atoms with Crippen molar-refractivity contribution in [3.63, 3.8) is 0 Å². The number of aromatic nitrogens is 1. The monoisotopic (exact) mass is 297 g/mol. The summed E-state index contributed by atoms with van der Waals surface area (Å²) in [6.07, 6.45) is 2.30. The van der Waals surface area contributed by atoms with E-state index >= 15 is 0 Å². The van der Waals surface area contributed by atoms with Crippen LogP contribution in [0.15, 0.2) is 0 Å². The number of hydrogen-bond acceptors (Lipinski definition) is 6. The minimum Gasteiger partial charge on any atom is -0.465 e. The molecule has 1 aliphatic rings. The lowest BCUT2D eigenvalue weighted by Crippen LogP contribution is -2.34. The van der Waals surface area contributed by atoms with Crippen molar-refractivity contribution in [2.24, 2.45) is 5.92 Å². The predicted molar refractivity (Wildman–Crippen MR) is 77.1 cm³/mol. The summed E-state index contributed by atoms with van der Waals surface area (Å²) < 4.78 is 4.72. The highest BCUT2D eigenvalue weighted by Gasteiger charge is 2.23. The zero-order valence-corrected chi connectivity index (χ0v) is 12.5. The zero-order valence-electron chi connectivity index (χ0n) is 11.7. The van der Waals surface area contributed by atoms with Gasteiger partial charge in [0.1, 0.15) is 4.88 Å². The van der Waals surface area contributed by atoms with Gasteiger partial charge in [0.25, 0.3) is 0 Å². The number of aryl methyl sites for hydroxylation is 1. The molecular formula is C13H19N3O3S. The van der Waals surface area contributed by atoms with Crippen LogP contribution in [0.3, 0.4) is 0 Å². The molecule has 110 valence electrons. The Morgan fingerprint density at radius 3 is 2.75 bits per heavy atom. The largest absolute Gasteiger partial charge is 0.465 e. The molecule has 2 heterocycles. The summed E-state index contributed by atoms with van der Waals surface area (Å²) in [6, 6.07) is 0. The molecule has 20 heavy (non-hydrogen) atoms. The van der Waals surface area contributed by atoms with Gasteiger partial charge in [0.05, 0.1) is 12.8 Å². The van der Waals surface area contributed by atoms with Gasteiger partial charge in [-0.3, -0.25) is 4.79 Å². The number of rotatable bonds is 4. The normalized spacial score (nSPS) is 15.9. The van der Waals surface area contributed by atoms with Crippen LogP contribution >= 0.6 is 11.3 Å². The molecule has 0 bridgehead atoms. The highest BCUT2D eigenvalue weighted by Crippen LogP contribution is 2.25. The number of ether oxygens (including phenoxy) is 1. The number of carbonyl (C=O) groups excluding carboxylic acids is 2. The molecule has 7 heteroatoms. The Kier molecular flexibility index (Phi) is 5.08. The van der Waals surface area contributed by atoms with Crippen molar-refractivity contribution in [3.8, 4) is 0 Å². The molecule has 1 saturated heterocycles. The first-order chi connectivity index (χ1) is 9.65. The van der Waals surface area contributed by atoms with E-state index in [9.17, 15) is 9.59 Å². The van der Waals surface area contributed by atoms with Gasteiger partial charge in [-0.15, -0.1) is 0 Å². The third-order valence-corrected chi connectivity index (χ3v) is 4.34. The number of carbonyl (C=O) groups is 2. The van der Waals surface area contributed by atoms with Crippen molar-refractivity contribution in [2.75, 3.05) is 25.5 Å². The van der Waals surface area contributed by atoms with Crippen LogP contribution in [-0.4, -0.2) is 37.1 Å². The van der Waals surface area contributed by atoms with E-state index in [4.69, 9.17) is 4.74 Å². The Labute approximate surface area is 121 Å². The fourth-order valence-electron chi connectivity index (χ4n) is 2.19. The molecule has 0 spiro atoms. The second-order valence-corrected chi connectivity index (χ2v) is 5.65. The van der Waals surface area contributed by atoms with E-state index in [1.165, 1.54) is 18.4 Å². The minimum absolute atomic E-state index is 0.0145. The summed E-state index contributed by atoms with van der Waals surface area (Å²) in [5.41, 5.74) is 0.669. The first-order valence-corrected chi connectivity index (χ1v) is 7.57. The lowest BCUT2D eigenvalue weighted by molar-refractivity contribution is -0.120. The average Bonchev–Trinajstić information content (AvgIpc) is 2.90. The number of esters is 1. The van der Waals surface area contributed by atoms with Crippen molar-refractivity contribution in [3.05, 3.63) is 10.6 Å². The summed E-state index contributed by atoms with van der Waals surface area (Å²) in [5, 5.41) is 6.52. The van der Waals surface area contributed by atoms with Crippen molar-refractivity contribution >= 4 is 28.3 Å². The van der Waals surface area contributed by atoms with Crippen LogP contribution in [0.25, 0.3) is 0 Å². The van der Waals surface area contributed by atoms with E-state index in [1.54, 1.807) is 0 Å². The maximum absolute atomic E-state index is 12.1. The Morgan fingerprint density at radius 2 is 2.15 bits per heavy atom. The van der Waals surface area contributed by atoms with Crippen molar-refractivity contribution in [2.45, 2.75) is 26.2 Å². The van der Waals surface area contributed by atoms with Crippen LogP contribution in [0, 0.1) is 5.92 Å². The number of anilines is 1. The SMILES string of the molecule is CCc1nc(NC(=O)C2CCNCC2)sc1C(=O)OC. The van der Waals surface area contributed by atoms with Crippen LogP contribution in [-0.2, 0) is 16.0 Å². The summed E-state index contributed by atoms with van der Waals surface area (Å²) in [6.45, 7) is 3.65. The second-order valence-electron chi connectivity index (χ2n) is 4.65. The number of nitrogens with zero attached hydrogens (tertiary/aromatic N) is 1. The maximum Gasteiger partial charge on any atom is 0.350 e. The quantitative estimate of drug-likeness (QED) is 0.822. The predicted octanol–water partition coefficient (Wildman–Crippen LogP) is 1.43. The van der Waals surface area contributed by atoms with Gasteiger partial charge in [0, 0.05) is 5.92 Å². The minimum atomic E-state index is -0.401. The van der Waals surface area contributed by atoms with Gasteiger partial charge in [-0.05, 0) is 32.4 Å².